The molecule has 0 atom stereocenters. The SMILES string of the molecule is C1CCC2=[N+](CC1)CCCN2.C1CNC2=[N+](C1)CCC2.C1CNC2=[N+](C1)CCCN2.CCCC[N+]12CCC(CC1)CC2.CN(C)C(N)=[N+](C)C.[2H]B=N.[2H][B].[2H][B][3H].[U]. The molecule has 0 aliphatic carbocycles. The zero-order chi connectivity index (χ0) is 43.0. The molecule has 3 saturated heterocycles. The topological polar surface area (TPSA) is 113 Å². The van der Waals surface area contributed by atoms with Crippen molar-refractivity contribution in [1.29, 1.82) is 10.7 Å². The third-order valence-electron chi connectivity index (χ3n) is 11.9. The fourth-order valence-electron chi connectivity index (χ4n) is 8.64. The zero-order valence-corrected chi connectivity index (χ0v) is 40.2. The van der Waals surface area contributed by atoms with E-state index in [0.717, 1.165) is 25.0 Å². The number of nitrogens with one attached hydrogen (secondary N) is 5. The second-order valence-corrected chi connectivity index (χ2v) is 16.2. The quantitative estimate of drug-likeness (QED) is 0.0790. The van der Waals surface area contributed by atoms with Crippen molar-refractivity contribution in [3.05, 3.63) is 0 Å². The molecule has 3 fully saturated rings. The molecule has 0 spiro atoms. The van der Waals surface area contributed by atoms with Gasteiger partial charge in [-0.15, -0.1) is 0 Å². The van der Waals surface area contributed by atoms with Gasteiger partial charge in [0, 0.05) is 71.6 Å². The van der Waals surface area contributed by atoms with Crippen molar-refractivity contribution in [1.82, 2.24) is 26.2 Å². The maximum absolute atomic E-state index is 5.75. The third kappa shape index (κ3) is 19.2. The summed E-state index contributed by atoms with van der Waals surface area (Å²) in [6.07, 6.45) is 20.8. The molecule has 2 bridgehead atoms. The molecule has 55 heavy (non-hydrogen) atoms. The number of guanidine groups is 2. The molecule has 0 saturated carbocycles. The Labute approximate surface area is 371 Å². The van der Waals surface area contributed by atoms with Gasteiger partial charge in [-0.2, -0.15) is 0 Å². The first-order valence-corrected chi connectivity index (χ1v) is 21.2. The van der Waals surface area contributed by atoms with Crippen molar-refractivity contribution in [2.45, 2.75) is 103 Å². The molecular formula is C39H85B3N12U+5. The van der Waals surface area contributed by atoms with Crippen LogP contribution in [0.4, 0.5) is 0 Å². The van der Waals surface area contributed by atoms with Crippen molar-refractivity contribution in [3.63, 3.8) is 0 Å². The van der Waals surface area contributed by atoms with Crippen molar-refractivity contribution >= 4 is 47.9 Å². The summed E-state index contributed by atoms with van der Waals surface area (Å²) in [6.45, 7) is 20.6. The zero-order valence-electron chi connectivity index (χ0n) is 40.1. The van der Waals surface area contributed by atoms with Gasteiger partial charge in [-0.25, -0.2) is 0 Å². The Morgan fingerprint density at radius 3 is 1.75 bits per heavy atom. The Morgan fingerprint density at radius 1 is 0.873 bits per heavy atom. The summed E-state index contributed by atoms with van der Waals surface area (Å²) >= 11 is 0. The van der Waals surface area contributed by atoms with Crippen LogP contribution in [0.25, 0.3) is 0 Å². The van der Waals surface area contributed by atoms with E-state index in [1.165, 1.54) is 197 Å². The number of nitrogens with zero attached hydrogens (tertiary/aromatic N) is 6. The Bertz CT molecular complexity index is 1170. The van der Waals surface area contributed by atoms with Gasteiger partial charge in [0.05, 0.1) is 135 Å². The van der Waals surface area contributed by atoms with Crippen LogP contribution in [0.5, 0.6) is 0 Å². The number of rotatable bonds is 3. The molecule has 0 aromatic rings. The Hall–Kier alpha value is -1.51. The largest absolute Gasteiger partial charge is 0.0643 e. The van der Waals surface area contributed by atoms with Gasteiger partial charge in [-0.1, -0.05) is 13.3 Å². The summed E-state index contributed by atoms with van der Waals surface area (Å²) in [5, 5.41) is 19.4. The van der Waals surface area contributed by atoms with E-state index in [2.05, 4.69) is 50.3 Å². The number of unbranched alkanes of at least 4 members (excludes halogenated alkanes) is 1. The Kier molecular flexibility index (Phi) is 25.7. The van der Waals surface area contributed by atoms with Crippen LogP contribution in [0.15, 0.2) is 0 Å². The summed E-state index contributed by atoms with van der Waals surface area (Å²) < 4.78 is 33.3. The molecule has 7 N–H and O–H groups in total. The van der Waals surface area contributed by atoms with Gasteiger partial charge in [0.2, 0.25) is 11.7 Å². The minimum atomic E-state index is 0. The van der Waals surface area contributed by atoms with E-state index in [1.807, 2.05) is 37.7 Å². The first-order valence-electron chi connectivity index (χ1n) is 23.5. The Morgan fingerprint density at radius 2 is 1.31 bits per heavy atom. The minimum absolute atomic E-state index is 0. The van der Waals surface area contributed by atoms with Crippen molar-refractivity contribution < 1.29 is 53.9 Å². The average Bonchev–Trinajstić information content (AvgIpc) is 3.62. The summed E-state index contributed by atoms with van der Waals surface area (Å²) in [4.78, 5) is 1.86. The van der Waals surface area contributed by atoms with Gasteiger partial charge in [0.25, 0.3) is 0 Å². The summed E-state index contributed by atoms with van der Waals surface area (Å²) in [6, 6.07) is 0. The summed E-state index contributed by atoms with van der Waals surface area (Å²) in [7, 11) is 12.4. The molecule has 3 radical (unpaired) electrons. The van der Waals surface area contributed by atoms with Gasteiger partial charge >= 0.3 is 26.2 Å². The number of fused-ring (bicyclic) bond motifs is 3. The van der Waals surface area contributed by atoms with Crippen molar-refractivity contribution in [3.8, 4) is 0 Å². The van der Waals surface area contributed by atoms with Crippen LogP contribution in [-0.2, 0) is 0 Å². The van der Waals surface area contributed by atoms with Gasteiger partial charge in [0.1, 0.15) is 0 Å². The first-order chi connectivity index (χ1) is 28.1. The van der Waals surface area contributed by atoms with E-state index in [1.54, 1.807) is 0 Å². The maximum atomic E-state index is 5.75. The third-order valence-corrected chi connectivity index (χ3v) is 11.9. The number of piperidine rings is 3. The van der Waals surface area contributed by atoms with Crippen molar-refractivity contribution in [2.75, 3.05) is 120 Å². The van der Waals surface area contributed by atoms with Gasteiger partial charge < -0.3 is 4.48 Å². The molecule has 16 heteroatoms. The standard InChI is InChI=1S/C11H22N.C9H16N2.C7H13N3.C7H12N2.C5H13N3.BH2N.BH2.BH.U/c1-2-3-7-12-8-4-11(5-9-12)6-10-12;1-2-5-9-10-6-4-8-11(9)7-3-1;1-3-8-7-9-4-2-6-10(7)5-1;1-3-7-8-4-2-6-9(7)5-1;1-7(2)5(6)8(3)4;1-2;;;/h11H,2-10H2,1H3;1-8H2;1-6H2,(H,8,9);1-6H2;6H,1-4H3;1-2H;1H2;1H;/q+1;;;;;;;;/p+4/i;;;;;1D;1TD;1D;. The average molecular weight is 998 g/mol. The Balaban J connectivity index is 0.000000683. The number of quaternary nitrogens is 1. The smallest absolute Gasteiger partial charge is 0.0379 e. The first kappa shape index (κ1) is 46.2. The molecule has 9 aliphatic heterocycles. The van der Waals surface area contributed by atoms with Gasteiger partial charge in [0.15, 0.2) is 0 Å². The normalized spacial score (nSPS) is 24.4. The van der Waals surface area contributed by atoms with E-state index in [0.29, 0.717) is 15.9 Å². The van der Waals surface area contributed by atoms with Crippen LogP contribution >= 0.6 is 0 Å². The molecule has 9 heterocycles. The molecule has 0 aromatic heterocycles. The predicted octanol–water partition coefficient (Wildman–Crippen LogP) is 0.127. The molecule has 9 rings (SSSR count). The van der Waals surface area contributed by atoms with Crippen LogP contribution in [0.3, 0.4) is 0 Å². The van der Waals surface area contributed by atoms with Crippen LogP contribution in [0.1, 0.15) is 103 Å². The van der Waals surface area contributed by atoms with E-state index in [-0.39, 0.29) is 31.1 Å². The summed E-state index contributed by atoms with van der Waals surface area (Å²) in [5.74, 6) is 6.17. The van der Waals surface area contributed by atoms with Gasteiger partial charge in [-0.05, 0) is 61.3 Å². The second kappa shape index (κ2) is 30.5. The fraction of sp³-hybridized carbons (Fsp3) is 0.897. The molecule has 9 aliphatic rings. The molecule has 0 unspecified atom stereocenters. The maximum Gasteiger partial charge on any atom is 0.0643 e. The van der Waals surface area contributed by atoms with Crippen LogP contribution in [-0.4, -0.2) is 201 Å². The van der Waals surface area contributed by atoms with E-state index < -0.39 is 0 Å². The van der Waals surface area contributed by atoms with E-state index in [9.17, 15) is 0 Å². The number of amidine groups is 2. The summed E-state index contributed by atoms with van der Waals surface area (Å²) in [5.41, 5.74) is 5.53. The van der Waals surface area contributed by atoms with E-state index >= 15 is 0 Å². The molecule has 309 valence electrons. The predicted molar refractivity (Wildman–Crippen MR) is 236 cm³/mol. The molecule has 12 nitrogen and oxygen atoms in total. The van der Waals surface area contributed by atoms with Crippen LogP contribution in [0, 0.1) is 42.3 Å². The molecule has 0 amide bonds. The number of hydrogen-bond donors (Lipinski definition) is 6. The molecule has 0 aromatic carbocycles. The van der Waals surface area contributed by atoms with Crippen molar-refractivity contribution in [2.24, 2.45) is 11.7 Å². The monoisotopic (exact) mass is 998 g/mol. The van der Waals surface area contributed by atoms with E-state index in [4.69, 9.17) is 16.4 Å². The van der Waals surface area contributed by atoms with Crippen LogP contribution < -0.4 is 27.0 Å². The number of nitrogens with two attached hydrogens (primary N) is 1. The number of hydrogen-bond acceptors (Lipinski definition) is 5. The minimum Gasteiger partial charge on any atom is -0.0379 e. The van der Waals surface area contributed by atoms with Gasteiger partial charge in [-0.3, -0.25) is 50.2 Å². The fourth-order valence-corrected chi connectivity index (χ4v) is 8.64. The van der Waals surface area contributed by atoms with Crippen LogP contribution in [0.2, 0.25) is 0 Å². The second-order valence-electron chi connectivity index (χ2n) is 16.2. The molecular weight excluding hydrogens is 907 g/mol.